The number of nitrogens with one attached hydrogen (secondary N) is 2. The minimum atomic E-state index is -0.503. The van der Waals surface area contributed by atoms with E-state index in [1.165, 1.54) is 0 Å². The minimum absolute atomic E-state index is 0.174. The summed E-state index contributed by atoms with van der Waals surface area (Å²) in [6.45, 7) is 8.69. The summed E-state index contributed by atoms with van der Waals surface area (Å²) in [5.41, 5.74) is 2.31. The number of aromatic amines is 2. The lowest BCUT2D eigenvalue weighted by Crippen LogP contribution is -2.19. The quantitative estimate of drug-likeness (QED) is 0.796. The van der Waals surface area contributed by atoms with Gasteiger partial charge < -0.3 is 15.1 Å². The molecule has 1 aromatic heterocycles. The van der Waals surface area contributed by atoms with Crippen LogP contribution in [0.4, 0.5) is 0 Å². The van der Waals surface area contributed by atoms with Crippen LogP contribution in [0.5, 0.6) is 0 Å². The Morgan fingerprint density at radius 2 is 1.84 bits per heavy atom. The fourth-order valence-electron chi connectivity index (χ4n) is 2.08. The van der Waals surface area contributed by atoms with E-state index < -0.39 is 6.10 Å². The van der Waals surface area contributed by atoms with E-state index in [4.69, 9.17) is 0 Å². The molecule has 2 atom stereocenters. The number of benzene rings is 1. The Bertz CT molecular complexity index is 619. The number of aliphatic hydroxyl groups excluding tert-OH is 1. The number of fused-ring (bicyclic) bond motifs is 1. The number of aliphatic hydroxyl groups is 1. The molecule has 2 unspecified atom stereocenters. The highest BCUT2D eigenvalue weighted by Gasteiger charge is 2.23. The van der Waals surface area contributed by atoms with Crippen molar-refractivity contribution in [3.05, 3.63) is 34.2 Å². The van der Waals surface area contributed by atoms with Crippen LogP contribution in [0.3, 0.4) is 0 Å². The summed E-state index contributed by atoms with van der Waals surface area (Å²) in [5, 5.41) is 10.3. The normalized spacial score (nSPS) is 15.6. The molecular weight excluding hydrogens is 240 g/mol. The van der Waals surface area contributed by atoms with Gasteiger partial charge in [0.1, 0.15) is 0 Å². The predicted molar refractivity (Wildman–Crippen MR) is 77.1 cm³/mol. The van der Waals surface area contributed by atoms with Crippen LogP contribution in [-0.2, 0) is 0 Å². The summed E-state index contributed by atoms with van der Waals surface area (Å²) in [4.78, 5) is 16.6. The Morgan fingerprint density at radius 3 is 2.47 bits per heavy atom. The molecule has 0 saturated heterocycles. The van der Waals surface area contributed by atoms with Gasteiger partial charge in [-0.25, -0.2) is 4.79 Å². The van der Waals surface area contributed by atoms with Crippen LogP contribution >= 0.6 is 0 Å². The third-order valence-corrected chi connectivity index (χ3v) is 3.98. The molecule has 0 bridgehead atoms. The Balaban J connectivity index is 2.21. The molecule has 19 heavy (non-hydrogen) atoms. The second-order valence-electron chi connectivity index (χ2n) is 6.40. The lowest BCUT2D eigenvalue weighted by Gasteiger charge is -2.29. The van der Waals surface area contributed by atoms with E-state index in [0.29, 0.717) is 12.3 Å². The fourth-order valence-corrected chi connectivity index (χ4v) is 2.08. The number of hydrogen-bond donors (Lipinski definition) is 3. The van der Waals surface area contributed by atoms with Gasteiger partial charge in [0.25, 0.3) is 0 Å². The summed E-state index contributed by atoms with van der Waals surface area (Å²) < 4.78 is 0. The van der Waals surface area contributed by atoms with Gasteiger partial charge in [0.2, 0.25) is 0 Å². The van der Waals surface area contributed by atoms with Crippen molar-refractivity contribution in [2.24, 2.45) is 11.3 Å². The number of aromatic nitrogens is 2. The zero-order valence-electron chi connectivity index (χ0n) is 11.9. The third kappa shape index (κ3) is 3.07. The van der Waals surface area contributed by atoms with Gasteiger partial charge in [0.15, 0.2) is 0 Å². The Morgan fingerprint density at radius 1 is 1.21 bits per heavy atom. The third-order valence-electron chi connectivity index (χ3n) is 3.98. The van der Waals surface area contributed by atoms with E-state index in [1.807, 2.05) is 18.2 Å². The van der Waals surface area contributed by atoms with Gasteiger partial charge in [-0.2, -0.15) is 0 Å². The standard InChI is InChI=1S/C15H22N2O2/c1-9(15(2,3)4)7-13(18)10-5-6-11-12(8-10)17-14(19)16-11/h5-6,8-9,13,18H,7H2,1-4H3,(H2,16,17,19). The molecule has 0 saturated carbocycles. The lowest BCUT2D eigenvalue weighted by molar-refractivity contribution is 0.111. The second-order valence-corrected chi connectivity index (χ2v) is 6.40. The average molecular weight is 262 g/mol. The van der Waals surface area contributed by atoms with Crippen molar-refractivity contribution in [2.75, 3.05) is 0 Å². The number of imidazole rings is 1. The SMILES string of the molecule is CC(CC(O)c1ccc2[nH]c(=O)[nH]c2c1)C(C)(C)C. The van der Waals surface area contributed by atoms with Crippen LogP contribution in [-0.4, -0.2) is 15.1 Å². The highest BCUT2D eigenvalue weighted by atomic mass is 16.3. The van der Waals surface area contributed by atoms with Crippen molar-refractivity contribution < 1.29 is 5.11 Å². The molecular formula is C15H22N2O2. The maximum absolute atomic E-state index is 11.2. The molecule has 1 heterocycles. The minimum Gasteiger partial charge on any atom is -0.388 e. The Hall–Kier alpha value is -1.55. The lowest BCUT2D eigenvalue weighted by atomic mass is 9.78. The van der Waals surface area contributed by atoms with Crippen LogP contribution in [0.25, 0.3) is 11.0 Å². The average Bonchev–Trinajstić information content (AvgIpc) is 2.66. The van der Waals surface area contributed by atoms with E-state index in [9.17, 15) is 9.90 Å². The molecule has 4 nitrogen and oxygen atoms in total. The highest BCUT2D eigenvalue weighted by molar-refractivity contribution is 5.75. The molecule has 0 aliphatic heterocycles. The van der Waals surface area contributed by atoms with Gasteiger partial charge in [0, 0.05) is 0 Å². The monoisotopic (exact) mass is 262 g/mol. The van der Waals surface area contributed by atoms with E-state index >= 15 is 0 Å². The van der Waals surface area contributed by atoms with Gasteiger partial charge in [-0.15, -0.1) is 0 Å². The molecule has 0 aliphatic rings. The van der Waals surface area contributed by atoms with Crippen molar-refractivity contribution >= 4 is 11.0 Å². The summed E-state index contributed by atoms with van der Waals surface area (Å²) in [7, 11) is 0. The van der Waals surface area contributed by atoms with Gasteiger partial charge in [0.05, 0.1) is 17.1 Å². The van der Waals surface area contributed by atoms with E-state index in [0.717, 1.165) is 16.6 Å². The molecule has 0 fully saturated rings. The maximum atomic E-state index is 11.2. The first-order chi connectivity index (χ1) is 8.77. The Kier molecular flexibility index (Phi) is 3.54. The van der Waals surface area contributed by atoms with Crippen molar-refractivity contribution in [1.82, 2.24) is 9.97 Å². The van der Waals surface area contributed by atoms with Crippen molar-refractivity contribution in [2.45, 2.75) is 40.2 Å². The van der Waals surface area contributed by atoms with Gasteiger partial charge in [-0.1, -0.05) is 33.8 Å². The van der Waals surface area contributed by atoms with E-state index in [1.54, 1.807) is 0 Å². The van der Waals surface area contributed by atoms with Gasteiger partial charge in [-0.3, -0.25) is 0 Å². The van der Waals surface area contributed by atoms with Crippen molar-refractivity contribution in [3.63, 3.8) is 0 Å². The number of H-pyrrole nitrogens is 2. The van der Waals surface area contributed by atoms with Gasteiger partial charge in [-0.05, 0) is 35.4 Å². The first-order valence-electron chi connectivity index (χ1n) is 6.67. The summed E-state index contributed by atoms with van der Waals surface area (Å²) in [6, 6.07) is 5.53. The smallest absolute Gasteiger partial charge is 0.323 e. The molecule has 2 rings (SSSR count). The molecule has 4 heteroatoms. The molecule has 1 aromatic carbocycles. The van der Waals surface area contributed by atoms with Crippen LogP contribution in [0, 0.1) is 11.3 Å². The van der Waals surface area contributed by atoms with E-state index in [2.05, 4.69) is 37.7 Å². The van der Waals surface area contributed by atoms with Crippen molar-refractivity contribution in [1.29, 1.82) is 0 Å². The highest BCUT2D eigenvalue weighted by Crippen LogP contribution is 2.33. The zero-order chi connectivity index (χ0) is 14.2. The largest absolute Gasteiger partial charge is 0.388 e. The molecule has 2 aromatic rings. The molecule has 0 radical (unpaired) electrons. The summed E-state index contributed by atoms with van der Waals surface area (Å²) in [5.74, 6) is 0.406. The Labute approximate surface area is 112 Å². The van der Waals surface area contributed by atoms with Crippen LogP contribution in [0.1, 0.15) is 45.8 Å². The predicted octanol–water partition coefficient (Wildman–Crippen LogP) is 2.96. The molecule has 0 amide bonds. The van der Waals surface area contributed by atoms with E-state index in [-0.39, 0.29) is 11.1 Å². The molecule has 104 valence electrons. The summed E-state index contributed by atoms with van der Waals surface area (Å²) >= 11 is 0. The number of rotatable bonds is 3. The van der Waals surface area contributed by atoms with Crippen LogP contribution in [0.15, 0.2) is 23.0 Å². The zero-order valence-corrected chi connectivity index (χ0v) is 11.9. The van der Waals surface area contributed by atoms with Gasteiger partial charge >= 0.3 is 5.69 Å². The first kappa shape index (κ1) is 13.9. The first-order valence-corrected chi connectivity index (χ1v) is 6.67. The fraction of sp³-hybridized carbons (Fsp3) is 0.533. The number of hydrogen-bond acceptors (Lipinski definition) is 2. The molecule has 3 N–H and O–H groups in total. The second kappa shape index (κ2) is 4.85. The maximum Gasteiger partial charge on any atom is 0.323 e. The van der Waals surface area contributed by atoms with Crippen LogP contribution in [0.2, 0.25) is 0 Å². The molecule has 0 aliphatic carbocycles. The summed E-state index contributed by atoms with van der Waals surface area (Å²) in [6.07, 6.45) is 0.209. The molecule has 0 spiro atoms. The van der Waals surface area contributed by atoms with Crippen LogP contribution < -0.4 is 5.69 Å². The van der Waals surface area contributed by atoms with Crippen molar-refractivity contribution in [3.8, 4) is 0 Å². The topological polar surface area (TPSA) is 68.9 Å².